The number of nitrogens with one attached hydrogen (secondary N) is 1. The maximum atomic E-state index is 12.7. The minimum Gasteiger partial charge on any atom is -0.388 e. The molecule has 2 aromatic heterocycles. The number of H-pyrrole nitrogens is 1. The van der Waals surface area contributed by atoms with Crippen molar-refractivity contribution in [2.45, 2.75) is 37.5 Å². The fourth-order valence-electron chi connectivity index (χ4n) is 4.46. The number of ether oxygens (including phenoxy) is 1. The van der Waals surface area contributed by atoms with Crippen LogP contribution in [0.4, 0.5) is 5.95 Å². The van der Waals surface area contributed by atoms with Crippen LogP contribution in [0.25, 0.3) is 16.7 Å². The second-order valence-corrected chi connectivity index (χ2v) is 9.10. The minimum atomic E-state index is -0.545. The first-order valence-corrected chi connectivity index (χ1v) is 10.7. The van der Waals surface area contributed by atoms with Crippen LogP contribution in [0.15, 0.2) is 33.7 Å². The molecule has 0 spiro atoms. The zero-order valence-corrected chi connectivity index (χ0v) is 17.2. The molecule has 0 radical (unpaired) electrons. The van der Waals surface area contributed by atoms with Crippen molar-refractivity contribution in [3.05, 3.63) is 44.8 Å². The van der Waals surface area contributed by atoms with Gasteiger partial charge in [-0.05, 0) is 43.4 Å². The Labute approximate surface area is 174 Å². The van der Waals surface area contributed by atoms with E-state index < -0.39 is 6.10 Å². The van der Waals surface area contributed by atoms with E-state index in [0.29, 0.717) is 23.6 Å². The largest absolute Gasteiger partial charge is 0.388 e. The maximum absolute atomic E-state index is 12.7. The molecule has 3 atom stereocenters. The topological polar surface area (TPSA) is 96.3 Å². The fourth-order valence-corrected chi connectivity index (χ4v) is 4.84. The van der Waals surface area contributed by atoms with Crippen LogP contribution in [0, 0.1) is 5.92 Å². The third kappa shape index (κ3) is 2.91. The first kappa shape index (κ1) is 17.6. The molecule has 3 fully saturated rings. The van der Waals surface area contributed by atoms with E-state index in [1.54, 1.807) is 10.9 Å². The summed E-state index contributed by atoms with van der Waals surface area (Å²) in [6.45, 7) is 1.41. The van der Waals surface area contributed by atoms with Crippen LogP contribution in [-0.2, 0) is 4.74 Å². The third-order valence-corrected chi connectivity index (χ3v) is 6.67. The van der Waals surface area contributed by atoms with Gasteiger partial charge in [0.05, 0.1) is 30.5 Å². The highest BCUT2D eigenvalue weighted by Crippen LogP contribution is 2.43. The van der Waals surface area contributed by atoms with Crippen molar-refractivity contribution >= 4 is 32.9 Å². The normalized spacial score (nSPS) is 24.6. The summed E-state index contributed by atoms with van der Waals surface area (Å²) in [5.74, 6) is 0.839. The molecule has 150 valence electrons. The number of hydrogen-bond donors (Lipinski definition) is 2. The number of benzene rings is 1. The molecule has 1 saturated carbocycles. The molecule has 2 N–H and O–H groups in total. The van der Waals surface area contributed by atoms with E-state index in [-0.39, 0.29) is 23.6 Å². The van der Waals surface area contributed by atoms with Crippen LogP contribution >= 0.6 is 15.9 Å². The lowest BCUT2D eigenvalue weighted by Gasteiger charge is -2.26. The van der Waals surface area contributed by atoms with Crippen molar-refractivity contribution in [1.82, 2.24) is 19.7 Å². The van der Waals surface area contributed by atoms with E-state index in [1.165, 1.54) is 0 Å². The van der Waals surface area contributed by atoms with Crippen molar-refractivity contribution in [1.29, 1.82) is 0 Å². The average molecular weight is 458 g/mol. The number of morpholine rings is 1. The predicted octanol–water partition coefficient (Wildman–Crippen LogP) is 2.29. The van der Waals surface area contributed by atoms with Gasteiger partial charge in [-0.3, -0.25) is 9.78 Å². The Morgan fingerprint density at radius 1 is 1.34 bits per heavy atom. The van der Waals surface area contributed by atoms with Gasteiger partial charge in [0, 0.05) is 22.8 Å². The third-order valence-electron chi connectivity index (χ3n) is 6.17. The molecule has 9 heteroatoms. The van der Waals surface area contributed by atoms with E-state index in [2.05, 4.69) is 35.9 Å². The van der Waals surface area contributed by atoms with Crippen LogP contribution in [0.2, 0.25) is 0 Å². The van der Waals surface area contributed by atoms with Gasteiger partial charge in [0.15, 0.2) is 5.65 Å². The molecule has 6 rings (SSSR count). The standard InChI is InChI=1S/C20H20BrN5O3/c21-11-3-4-16(14(5-11)17(27)10-1-2-10)26-8-15-18(24-26)22-20(23-19(15)28)25-7-13-6-12(25)9-29-13/h3-5,8,10,12-13,17,27H,1-2,6-7,9H2,(H,22,23,24,28)/t12-,13-,17?/m1/s1. The molecule has 2 bridgehead atoms. The van der Waals surface area contributed by atoms with E-state index >= 15 is 0 Å². The van der Waals surface area contributed by atoms with Gasteiger partial charge >= 0.3 is 0 Å². The molecule has 3 aromatic rings. The van der Waals surface area contributed by atoms with Gasteiger partial charge in [-0.1, -0.05) is 15.9 Å². The van der Waals surface area contributed by atoms with Crippen LogP contribution < -0.4 is 10.5 Å². The smallest absolute Gasteiger partial charge is 0.263 e. The lowest BCUT2D eigenvalue weighted by molar-refractivity contribution is 0.0986. The lowest BCUT2D eigenvalue weighted by atomic mass is 10.0. The Balaban J connectivity index is 1.44. The fraction of sp³-hybridized carbons (Fsp3) is 0.450. The second-order valence-electron chi connectivity index (χ2n) is 8.18. The number of hydrogen-bond acceptors (Lipinski definition) is 6. The quantitative estimate of drug-likeness (QED) is 0.623. The van der Waals surface area contributed by atoms with E-state index in [9.17, 15) is 9.90 Å². The molecular formula is C20H20BrN5O3. The van der Waals surface area contributed by atoms with E-state index in [0.717, 1.165) is 41.5 Å². The molecule has 2 saturated heterocycles. The summed E-state index contributed by atoms with van der Waals surface area (Å²) >= 11 is 3.49. The molecular weight excluding hydrogens is 438 g/mol. The molecule has 1 aromatic carbocycles. The van der Waals surface area contributed by atoms with E-state index in [4.69, 9.17) is 4.74 Å². The van der Waals surface area contributed by atoms with Crippen LogP contribution in [0.5, 0.6) is 0 Å². The predicted molar refractivity (Wildman–Crippen MR) is 110 cm³/mol. The second kappa shape index (κ2) is 6.38. The highest BCUT2D eigenvalue weighted by Gasteiger charge is 2.40. The number of aromatic nitrogens is 4. The Morgan fingerprint density at radius 2 is 2.21 bits per heavy atom. The number of aromatic amines is 1. The summed E-state index contributed by atoms with van der Waals surface area (Å²) in [6.07, 6.45) is 4.39. The average Bonchev–Trinajstić information content (AvgIpc) is 3.13. The minimum absolute atomic E-state index is 0.207. The molecule has 29 heavy (non-hydrogen) atoms. The number of nitrogens with zero attached hydrogens (tertiary/aromatic N) is 4. The number of fused-ring (bicyclic) bond motifs is 3. The van der Waals surface area contributed by atoms with Gasteiger partial charge in [-0.25, -0.2) is 4.68 Å². The monoisotopic (exact) mass is 457 g/mol. The Morgan fingerprint density at radius 3 is 2.93 bits per heavy atom. The van der Waals surface area contributed by atoms with Gasteiger partial charge in [0.2, 0.25) is 5.95 Å². The van der Waals surface area contributed by atoms with Crippen LogP contribution in [-0.4, -0.2) is 50.2 Å². The van der Waals surface area contributed by atoms with Crippen molar-refractivity contribution in [2.24, 2.45) is 5.92 Å². The molecule has 1 unspecified atom stereocenters. The van der Waals surface area contributed by atoms with Crippen molar-refractivity contribution < 1.29 is 9.84 Å². The highest BCUT2D eigenvalue weighted by atomic mass is 79.9. The number of aliphatic hydroxyl groups is 1. The number of anilines is 1. The Kier molecular flexibility index (Phi) is 3.88. The van der Waals surface area contributed by atoms with Gasteiger partial charge in [-0.15, -0.1) is 5.10 Å². The van der Waals surface area contributed by atoms with Gasteiger partial charge in [0.25, 0.3) is 5.56 Å². The van der Waals surface area contributed by atoms with Crippen LogP contribution in [0.1, 0.15) is 30.9 Å². The molecule has 4 heterocycles. The molecule has 1 aliphatic carbocycles. The summed E-state index contributed by atoms with van der Waals surface area (Å²) in [6, 6.07) is 6.00. The molecule has 2 aliphatic heterocycles. The summed E-state index contributed by atoms with van der Waals surface area (Å²) in [5, 5.41) is 15.8. The molecule has 0 amide bonds. The van der Waals surface area contributed by atoms with E-state index in [1.807, 2.05) is 18.2 Å². The van der Waals surface area contributed by atoms with Gasteiger partial charge < -0.3 is 14.7 Å². The Bertz CT molecular complexity index is 1170. The first-order chi connectivity index (χ1) is 14.1. The van der Waals surface area contributed by atoms with Crippen molar-refractivity contribution in [2.75, 3.05) is 18.1 Å². The van der Waals surface area contributed by atoms with Gasteiger partial charge in [0.1, 0.15) is 5.39 Å². The number of rotatable bonds is 4. The molecule has 8 nitrogen and oxygen atoms in total. The first-order valence-electron chi connectivity index (χ1n) is 9.92. The SMILES string of the molecule is O=c1[nH]c(N2C[C@H]3C[C@@H]2CO3)nc2nn(-c3ccc(Br)cc3C(O)C3CC3)cc12. The highest BCUT2D eigenvalue weighted by molar-refractivity contribution is 9.10. The van der Waals surface area contributed by atoms with Crippen molar-refractivity contribution in [3.8, 4) is 5.69 Å². The van der Waals surface area contributed by atoms with Crippen LogP contribution in [0.3, 0.4) is 0 Å². The van der Waals surface area contributed by atoms with Crippen molar-refractivity contribution in [3.63, 3.8) is 0 Å². The van der Waals surface area contributed by atoms with Gasteiger partial charge in [-0.2, -0.15) is 4.98 Å². The summed E-state index contributed by atoms with van der Waals surface area (Å²) < 4.78 is 8.20. The Hall–Kier alpha value is -2.23. The summed E-state index contributed by atoms with van der Waals surface area (Å²) in [7, 11) is 0. The molecule has 3 aliphatic rings. The summed E-state index contributed by atoms with van der Waals surface area (Å²) in [4.78, 5) is 22.4. The zero-order chi connectivity index (χ0) is 19.7. The maximum Gasteiger partial charge on any atom is 0.263 e. The summed E-state index contributed by atoms with van der Waals surface area (Å²) in [5.41, 5.74) is 1.77. The lowest BCUT2D eigenvalue weighted by Crippen LogP contribution is -2.38. The number of aliphatic hydroxyl groups excluding tert-OH is 1. The zero-order valence-electron chi connectivity index (χ0n) is 15.6. The number of halogens is 1.